The van der Waals surface area contributed by atoms with Gasteiger partial charge in [-0.2, -0.15) is 4.31 Å². The van der Waals surface area contributed by atoms with Crippen molar-refractivity contribution in [1.82, 2.24) is 4.31 Å². The predicted octanol–water partition coefficient (Wildman–Crippen LogP) is 4.41. The van der Waals surface area contributed by atoms with E-state index < -0.39 is 10.0 Å². The Hall–Kier alpha value is -2.47. The van der Waals surface area contributed by atoms with E-state index in [0.29, 0.717) is 23.9 Å². The SMILES string of the molecule is O=S(=O)(c1ccc(C2CCCCC2)cc1)N1CC[NH+](C(c2ccccc2)c2ccccc2)CC1. The van der Waals surface area contributed by atoms with Crippen molar-refractivity contribution in [2.45, 2.75) is 49.0 Å². The molecule has 0 bridgehead atoms. The maximum Gasteiger partial charge on any atom is 0.243 e. The molecule has 0 aromatic heterocycles. The fourth-order valence-corrected chi connectivity index (χ4v) is 7.20. The molecule has 34 heavy (non-hydrogen) atoms. The van der Waals surface area contributed by atoms with Gasteiger partial charge in [0.1, 0.15) is 6.04 Å². The summed E-state index contributed by atoms with van der Waals surface area (Å²) in [5.74, 6) is 0.588. The zero-order valence-electron chi connectivity index (χ0n) is 19.8. The Morgan fingerprint density at radius 1 is 0.706 bits per heavy atom. The van der Waals surface area contributed by atoms with E-state index in [9.17, 15) is 8.42 Å². The van der Waals surface area contributed by atoms with Gasteiger partial charge >= 0.3 is 0 Å². The molecule has 1 saturated carbocycles. The molecule has 3 aromatic rings. The van der Waals surface area contributed by atoms with Gasteiger partial charge < -0.3 is 4.90 Å². The Kier molecular flexibility index (Phi) is 7.14. The minimum atomic E-state index is -3.47. The van der Waals surface area contributed by atoms with Crippen LogP contribution < -0.4 is 4.90 Å². The number of nitrogens with one attached hydrogen (secondary N) is 1. The van der Waals surface area contributed by atoms with Crippen LogP contribution in [-0.4, -0.2) is 38.9 Å². The van der Waals surface area contributed by atoms with E-state index in [1.165, 1.54) is 53.7 Å². The fraction of sp³-hybridized carbons (Fsp3) is 0.379. The van der Waals surface area contributed by atoms with Crippen LogP contribution in [0.1, 0.15) is 60.8 Å². The first-order chi connectivity index (χ1) is 16.6. The van der Waals surface area contributed by atoms with Crippen molar-refractivity contribution in [3.8, 4) is 0 Å². The molecular weight excluding hydrogens is 440 g/mol. The fourth-order valence-electron chi connectivity index (χ4n) is 5.75. The van der Waals surface area contributed by atoms with E-state index in [-0.39, 0.29) is 6.04 Å². The molecule has 1 heterocycles. The summed E-state index contributed by atoms with van der Waals surface area (Å²) in [6, 6.07) is 29.1. The highest BCUT2D eigenvalue weighted by Gasteiger charge is 2.35. The lowest BCUT2D eigenvalue weighted by atomic mass is 9.84. The maximum absolute atomic E-state index is 13.4. The van der Waals surface area contributed by atoms with Gasteiger partial charge in [-0.25, -0.2) is 8.42 Å². The number of benzene rings is 3. The summed E-state index contributed by atoms with van der Waals surface area (Å²) in [6.07, 6.45) is 6.34. The number of rotatable bonds is 6. The van der Waals surface area contributed by atoms with Crippen LogP contribution >= 0.6 is 0 Å². The second kappa shape index (κ2) is 10.4. The Morgan fingerprint density at radius 2 is 1.24 bits per heavy atom. The van der Waals surface area contributed by atoms with Crippen molar-refractivity contribution >= 4 is 10.0 Å². The third kappa shape index (κ3) is 4.97. The van der Waals surface area contributed by atoms with Crippen molar-refractivity contribution in [1.29, 1.82) is 0 Å². The minimum absolute atomic E-state index is 0.210. The Bertz CT molecular complexity index is 1110. The number of nitrogens with zero attached hydrogens (tertiary/aromatic N) is 1. The van der Waals surface area contributed by atoms with Crippen molar-refractivity contribution in [3.63, 3.8) is 0 Å². The van der Waals surface area contributed by atoms with E-state index in [0.717, 1.165) is 13.1 Å². The highest BCUT2D eigenvalue weighted by Crippen LogP contribution is 2.33. The van der Waals surface area contributed by atoms with Crippen molar-refractivity contribution in [3.05, 3.63) is 102 Å². The van der Waals surface area contributed by atoms with Gasteiger partial charge in [0, 0.05) is 11.1 Å². The predicted molar refractivity (Wildman–Crippen MR) is 136 cm³/mol. The number of sulfonamides is 1. The van der Waals surface area contributed by atoms with E-state index >= 15 is 0 Å². The van der Waals surface area contributed by atoms with E-state index in [4.69, 9.17) is 0 Å². The van der Waals surface area contributed by atoms with Crippen LogP contribution in [0.2, 0.25) is 0 Å². The first kappa shape index (κ1) is 23.3. The number of hydrogen-bond acceptors (Lipinski definition) is 2. The van der Waals surface area contributed by atoms with Gasteiger partial charge in [0.25, 0.3) is 0 Å². The monoisotopic (exact) mass is 475 g/mol. The average Bonchev–Trinajstić information content (AvgIpc) is 2.91. The number of quaternary nitrogens is 1. The molecule has 2 fully saturated rings. The first-order valence-electron chi connectivity index (χ1n) is 12.7. The summed E-state index contributed by atoms with van der Waals surface area (Å²) in [6.45, 7) is 2.65. The topological polar surface area (TPSA) is 41.8 Å². The van der Waals surface area contributed by atoms with Gasteiger partial charge in [0.15, 0.2) is 0 Å². The molecular formula is C29H35N2O2S+. The molecule has 1 aliphatic heterocycles. The third-order valence-corrected chi connectivity index (χ3v) is 9.55. The van der Waals surface area contributed by atoms with Gasteiger partial charge in [0.05, 0.1) is 31.1 Å². The second-order valence-electron chi connectivity index (χ2n) is 9.72. The van der Waals surface area contributed by atoms with Gasteiger partial charge in [-0.15, -0.1) is 0 Å². The van der Waals surface area contributed by atoms with Crippen LogP contribution in [0.4, 0.5) is 0 Å². The van der Waals surface area contributed by atoms with Crippen LogP contribution in [0.3, 0.4) is 0 Å². The molecule has 1 aliphatic carbocycles. The van der Waals surface area contributed by atoms with Gasteiger partial charge in [-0.3, -0.25) is 0 Å². The van der Waals surface area contributed by atoms with Crippen LogP contribution in [0, 0.1) is 0 Å². The largest absolute Gasteiger partial charge is 0.323 e. The quantitative estimate of drug-likeness (QED) is 0.574. The van der Waals surface area contributed by atoms with E-state index in [2.05, 4.69) is 48.5 Å². The lowest BCUT2D eigenvalue weighted by Crippen LogP contribution is -3.15. The molecule has 1 saturated heterocycles. The molecule has 5 heteroatoms. The Labute approximate surface area is 204 Å². The van der Waals surface area contributed by atoms with Crippen molar-refractivity contribution in [2.24, 2.45) is 0 Å². The molecule has 5 rings (SSSR count). The van der Waals surface area contributed by atoms with Crippen LogP contribution in [0.5, 0.6) is 0 Å². The summed E-state index contributed by atoms with van der Waals surface area (Å²) in [4.78, 5) is 1.84. The lowest BCUT2D eigenvalue weighted by Gasteiger charge is -2.36. The zero-order chi connectivity index (χ0) is 23.4. The summed E-state index contributed by atoms with van der Waals surface area (Å²) < 4.78 is 28.5. The molecule has 3 aromatic carbocycles. The lowest BCUT2D eigenvalue weighted by molar-refractivity contribution is -0.929. The average molecular weight is 476 g/mol. The molecule has 0 atom stereocenters. The number of piperazine rings is 1. The maximum atomic E-state index is 13.4. The van der Waals surface area contributed by atoms with E-state index in [1.807, 2.05) is 36.4 Å². The molecule has 1 N–H and O–H groups in total. The summed E-state index contributed by atoms with van der Waals surface area (Å²) >= 11 is 0. The summed E-state index contributed by atoms with van der Waals surface area (Å²) in [5.41, 5.74) is 3.85. The first-order valence-corrected chi connectivity index (χ1v) is 14.1. The highest BCUT2D eigenvalue weighted by molar-refractivity contribution is 7.89. The molecule has 0 unspecified atom stereocenters. The smallest absolute Gasteiger partial charge is 0.243 e. The molecule has 4 nitrogen and oxygen atoms in total. The second-order valence-corrected chi connectivity index (χ2v) is 11.7. The minimum Gasteiger partial charge on any atom is -0.323 e. The molecule has 2 aliphatic rings. The van der Waals surface area contributed by atoms with Crippen molar-refractivity contribution < 1.29 is 13.3 Å². The Balaban J connectivity index is 1.30. The van der Waals surface area contributed by atoms with Crippen LogP contribution in [-0.2, 0) is 10.0 Å². The van der Waals surface area contributed by atoms with E-state index in [1.54, 1.807) is 4.31 Å². The molecule has 0 amide bonds. The van der Waals surface area contributed by atoms with Crippen LogP contribution in [0.15, 0.2) is 89.8 Å². The molecule has 178 valence electrons. The van der Waals surface area contributed by atoms with Gasteiger partial charge in [-0.1, -0.05) is 92.1 Å². The normalized spacial score (nSPS) is 18.9. The Morgan fingerprint density at radius 3 is 1.76 bits per heavy atom. The summed E-state index contributed by atoms with van der Waals surface area (Å²) in [5, 5.41) is 0. The van der Waals surface area contributed by atoms with Gasteiger partial charge in [0.2, 0.25) is 10.0 Å². The standard InChI is InChI=1S/C29H34N2O2S/c32-34(33,28-18-16-25(17-19-28)24-10-4-1-5-11-24)31-22-20-30(21-23-31)29(26-12-6-2-7-13-26)27-14-8-3-9-15-27/h2-3,6-9,12-19,24,29H,1,4-5,10-11,20-23H2/p+1. The third-order valence-electron chi connectivity index (χ3n) is 7.63. The summed E-state index contributed by atoms with van der Waals surface area (Å²) in [7, 11) is -3.47. The van der Waals surface area contributed by atoms with Crippen molar-refractivity contribution in [2.75, 3.05) is 26.2 Å². The number of hydrogen-bond donors (Lipinski definition) is 1. The highest BCUT2D eigenvalue weighted by atomic mass is 32.2. The van der Waals surface area contributed by atoms with Gasteiger partial charge in [-0.05, 0) is 36.5 Å². The molecule has 0 spiro atoms. The molecule has 0 radical (unpaired) electrons. The van der Waals surface area contributed by atoms with Crippen LogP contribution in [0.25, 0.3) is 0 Å². The zero-order valence-corrected chi connectivity index (χ0v) is 20.6.